The Labute approximate surface area is 200 Å². The summed E-state index contributed by atoms with van der Waals surface area (Å²) in [6.45, 7) is 6.15. The van der Waals surface area contributed by atoms with Crippen LogP contribution in [-0.4, -0.2) is 53.2 Å². The predicted molar refractivity (Wildman–Crippen MR) is 122 cm³/mol. The average Bonchev–Trinajstić information content (AvgIpc) is 3.23. The van der Waals surface area contributed by atoms with Crippen molar-refractivity contribution in [3.05, 3.63) is 24.0 Å². The van der Waals surface area contributed by atoms with E-state index < -0.39 is 39.5 Å². The zero-order valence-corrected chi connectivity index (χ0v) is 20.2. The Balaban J connectivity index is 1.77. The molecule has 6 unspecified atom stereocenters. The highest BCUT2D eigenvalue weighted by Crippen LogP contribution is 2.76. The third-order valence-electron chi connectivity index (χ3n) is 9.64. The molecule has 34 heavy (non-hydrogen) atoms. The molecule has 5 rings (SSSR count). The van der Waals surface area contributed by atoms with Crippen molar-refractivity contribution in [1.82, 2.24) is 0 Å². The molecule has 5 aliphatic rings. The summed E-state index contributed by atoms with van der Waals surface area (Å²) in [7, 11) is 0. The van der Waals surface area contributed by atoms with E-state index in [0.717, 1.165) is 5.57 Å². The van der Waals surface area contributed by atoms with E-state index >= 15 is 0 Å². The fourth-order valence-electron chi connectivity index (χ4n) is 8.06. The molecule has 0 aromatic heterocycles. The van der Waals surface area contributed by atoms with E-state index in [-0.39, 0.29) is 31.6 Å². The molecule has 4 bridgehead atoms. The Hall–Kier alpha value is -2.30. The highest BCUT2D eigenvalue weighted by molar-refractivity contribution is 5.85. The number of fused-ring (bicyclic) bond motifs is 3. The van der Waals surface area contributed by atoms with Crippen LogP contribution in [0.1, 0.15) is 65.7 Å². The first-order chi connectivity index (χ1) is 16.1. The molecule has 7 heteroatoms. The van der Waals surface area contributed by atoms with E-state index in [1.807, 2.05) is 13.0 Å². The summed E-state index contributed by atoms with van der Waals surface area (Å²) in [6.07, 6.45) is 6.81. The van der Waals surface area contributed by atoms with Gasteiger partial charge in [0.25, 0.3) is 0 Å². The molecule has 2 saturated carbocycles. The number of hydrogen-bond donors (Lipinski definition) is 2. The van der Waals surface area contributed by atoms with Gasteiger partial charge >= 0.3 is 11.9 Å². The van der Waals surface area contributed by atoms with Crippen molar-refractivity contribution < 1.29 is 34.0 Å². The number of aliphatic hydroxyl groups excluding tert-OH is 2. The molecule has 2 fully saturated rings. The van der Waals surface area contributed by atoms with E-state index in [2.05, 4.69) is 25.7 Å². The Morgan fingerprint density at radius 2 is 2.03 bits per heavy atom. The fraction of sp³-hybridized carbons (Fsp3) is 0.704. The molecule has 0 aromatic rings. The second-order valence-corrected chi connectivity index (χ2v) is 11.4. The number of ether oxygens (including phenoxy) is 3. The molecule has 0 radical (unpaired) electrons. The summed E-state index contributed by atoms with van der Waals surface area (Å²) in [4.78, 5) is 24.5. The number of carbonyl (C=O) groups excluding carboxylic acids is 2. The lowest BCUT2D eigenvalue weighted by Gasteiger charge is -2.75. The van der Waals surface area contributed by atoms with E-state index in [9.17, 15) is 19.8 Å². The van der Waals surface area contributed by atoms with Crippen molar-refractivity contribution >= 4 is 11.9 Å². The Morgan fingerprint density at radius 1 is 1.24 bits per heavy atom. The number of aliphatic hydroxyl groups is 2. The SMILES string of the molecule is CC1(C)CCC(O)C2(CO)C3(CCC4=CC(=O)OC4)OC=CC12C1CC3(C)C#CCCC(=O)O1. The maximum Gasteiger partial charge on any atom is 0.331 e. The van der Waals surface area contributed by atoms with Crippen molar-refractivity contribution in [2.75, 3.05) is 13.2 Å². The summed E-state index contributed by atoms with van der Waals surface area (Å²) >= 11 is 0. The molecule has 184 valence electrons. The van der Waals surface area contributed by atoms with Crippen molar-refractivity contribution in [3.8, 4) is 11.8 Å². The van der Waals surface area contributed by atoms with E-state index in [0.29, 0.717) is 38.5 Å². The third kappa shape index (κ3) is 2.73. The lowest BCUT2D eigenvalue weighted by Crippen LogP contribution is -2.82. The van der Waals surface area contributed by atoms with Gasteiger partial charge in [0.05, 0.1) is 36.2 Å². The number of cyclic esters (lactones) is 1. The van der Waals surface area contributed by atoms with Gasteiger partial charge < -0.3 is 24.4 Å². The van der Waals surface area contributed by atoms with Gasteiger partial charge in [-0.3, -0.25) is 4.79 Å². The van der Waals surface area contributed by atoms with Crippen LogP contribution in [0.4, 0.5) is 0 Å². The highest BCUT2D eigenvalue weighted by Gasteiger charge is 2.83. The topological polar surface area (TPSA) is 102 Å². The number of hydrogen-bond acceptors (Lipinski definition) is 7. The first kappa shape index (κ1) is 23.4. The minimum absolute atomic E-state index is 0.203. The van der Waals surface area contributed by atoms with Gasteiger partial charge in [0.15, 0.2) is 0 Å². The molecule has 2 N–H and O–H groups in total. The Kier molecular flexibility index (Phi) is 5.24. The van der Waals surface area contributed by atoms with Crippen molar-refractivity contribution in [2.45, 2.75) is 83.5 Å². The highest BCUT2D eigenvalue weighted by atomic mass is 16.6. The van der Waals surface area contributed by atoms with Gasteiger partial charge in [0.1, 0.15) is 18.3 Å². The lowest BCUT2D eigenvalue weighted by atomic mass is 9.31. The van der Waals surface area contributed by atoms with Gasteiger partial charge in [0, 0.05) is 24.3 Å². The van der Waals surface area contributed by atoms with Crippen LogP contribution in [0.2, 0.25) is 0 Å². The lowest BCUT2D eigenvalue weighted by molar-refractivity contribution is -0.351. The minimum atomic E-state index is -1.17. The van der Waals surface area contributed by atoms with Gasteiger partial charge in [-0.25, -0.2) is 4.79 Å². The zero-order chi connectivity index (χ0) is 24.4. The molecule has 7 nitrogen and oxygen atoms in total. The van der Waals surface area contributed by atoms with Crippen LogP contribution in [-0.2, 0) is 23.8 Å². The van der Waals surface area contributed by atoms with Crippen LogP contribution in [0.5, 0.6) is 0 Å². The summed E-state index contributed by atoms with van der Waals surface area (Å²) in [5, 5.41) is 23.1. The number of rotatable bonds is 4. The van der Waals surface area contributed by atoms with Crippen LogP contribution in [0.15, 0.2) is 24.0 Å². The largest absolute Gasteiger partial charge is 0.493 e. The summed E-state index contributed by atoms with van der Waals surface area (Å²) in [6, 6.07) is 0. The molecule has 2 aliphatic carbocycles. The summed E-state index contributed by atoms with van der Waals surface area (Å²) in [5.41, 5.74) is -3.47. The molecule has 0 amide bonds. The van der Waals surface area contributed by atoms with Gasteiger partial charge in [0.2, 0.25) is 0 Å². The third-order valence-corrected chi connectivity index (χ3v) is 9.64. The first-order valence-corrected chi connectivity index (χ1v) is 12.3. The summed E-state index contributed by atoms with van der Waals surface area (Å²) in [5.74, 6) is 5.94. The Bertz CT molecular complexity index is 1030. The second kappa shape index (κ2) is 7.60. The van der Waals surface area contributed by atoms with Crippen LogP contribution in [0.25, 0.3) is 0 Å². The molecule has 0 aromatic carbocycles. The van der Waals surface area contributed by atoms with E-state index in [4.69, 9.17) is 14.2 Å². The van der Waals surface area contributed by atoms with Gasteiger partial charge in [-0.1, -0.05) is 19.8 Å². The van der Waals surface area contributed by atoms with Crippen molar-refractivity contribution in [1.29, 1.82) is 0 Å². The fourth-order valence-corrected chi connectivity index (χ4v) is 8.06. The Morgan fingerprint density at radius 3 is 2.74 bits per heavy atom. The van der Waals surface area contributed by atoms with Crippen LogP contribution < -0.4 is 0 Å². The van der Waals surface area contributed by atoms with E-state index in [1.165, 1.54) is 6.08 Å². The van der Waals surface area contributed by atoms with Crippen LogP contribution >= 0.6 is 0 Å². The van der Waals surface area contributed by atoms with Crippen molar-refractivity contribution in [2.24, 2.45) is 21.7 Å². The molecule has 3 heterocycles. The smallest absolute Gasteiger partial charge is 0.331 e. The second-order valence-electron chi connectivity index (χ2n) is 11.4. The van der Waals surface area contributed by atoms with Crippen molar-refractivity contribution in [3.63, 3.8) is 0 Å². The van der Waals surface area contributed by atoms with Gasteiger partial charge in [-0.15, -0.1) is 5.92 Å². The monoisotopic (exact) mass is 470 g/mol. The minimum Gasteiger partial charge on any atom is -0.493 e. The van der Waals surface area contributed by atoms with Crippen LogP contribution in [0.3, 0.4) is 0 Å². The maximum atomic E-state index is 12.8. The average molecular weight is 471 g/mol. The number of esters is 2. The molecule has 3 aliphatic heterocycles. The molecular weight excluding hydrogens is 436 g/mol. The van der Waals surface area contributed by atoms with Crippen LogP contribution in [0, 0.1) is 33.5 Å². The zero-order valence-electron chi connectivity index (χ0n) is 20.2. The quantitative estimate of drug-likeness (QED) is 0.481. The molecule has 6 atom stereocenters. The first-order valence-electron chi connectivity index (χ1n) is 12.3. The predicted octanol–water partition coefficient (Wildman–Crippen LogP) is 2.80. The molecule has 0 saturated heterocycles. The standard InChI is InChI=1S/C27H34O7/c1-23(2)10-8-19(29)26(17-28)25(23)12-13-33-27(26,11-7-18-14-22(31)32-16-18)24(3)9-5-4-6-21(30)34-20(25)15-24/h12-14,19-20,28-29H,4,6-8,10-11,15-17H2,1-3H3. The normalized spacial score (nSPS) is 44.1. The van der Waals surface area contributed by atoms with Gasteiger partial charge in [-0.05, 0) is 49.7 Å². The van der Waals surface area contributed by atoms with Gasteiger partial charge in [-0.2, -0.15) is 0 Å². The molecular formula is C27H34O7. The molecule has 0 spiro atoms. The van der Waals surface area contributed by atoms with E-state index in [1.54, 1.807) is 6.26 Å². The maximum absolute atomic E-state index is 12.8. The summed E-state index contributed by atoms with van der Waals surface area (Å²) < 4.78 is 17.9. The number of carbonyl (C=O) groups is 2.